The van der Waals surface area contributed by atoms with E-state index in [1.165, 1.54) is 12.1 Å². The lowest BCUT2D eigenvalue weighted by Crippen LogP contribution is -2.28. The maximum atomic E-state index is 12.0. The van der Waals surface area contributed by atoms with Crippen LogP contribution in [0.4, 0.5) is 5.69 Å². The monoisotopic (exact) mass is 353 g/mol. The number of pyridine rings is 1. The van der Waals surface area contributed by atoms with E-state index < -0.39 is 5.91 Å². The van der Waals surface area contributed by atoms with Crippen LogP contribution in [0.2, 0.25) is 10.0 Å². The quantitative estimate of drug-likeness (QED) is 0.770. The number of carbonyl (C=O) groups excluding carboxylic acids is 2. The van der Waals surface area contributed by atoms with E-state index >= 15 is 0 Å². The van der Waals surface area contributed by atoms with Gasteiger partial charge in [-0.25, -0.2) is 0 Å². The maximum Gasteiger partial charge on any atom is 0.256 e. The summed E-state index contributed by atoms with van der Waals surface area (Å²) in [7, 11) is 0. The minimum Gasteiger partial charge on any atom is -0.507 e. The second-order valence-electron chi connectivity index (χ2n) is 4.57. The highest BCUT2D eigenvalue weighted by Gasteiger charge is 2.16. The summed E-state index contributed by atoms with van der Waals surface area (Å²) in [5, 5.41) is 15.2. The molecule has 23 heavy (non-hydrogen) atoms. The van der Waals surface area contributed by atoms with Gasteiger partial charge in [-0.2, -0.15) is 0 Å². The molecule has 0 saturated carbocycles. The van der Waals surface area contributed by atoms with Crippen LogP contribution < -0.4 is 10.6 Å². The molecule has 0 aliphatic carbocycles. The van der Waals surface area contributed by atoms with Crippen molar-refractivity contribution in [3.8, 4) is 5.75 Å². The molecule has 2 aromatic rings. The standard InChI is InChI=1S/C15H13Cl2N3O3/c16-9-7-11(17)14(12(21)8-9)15(23)19-6-3-13(22)20-10-1-4-18-5-2-10/h1-2,4-5,7-8,21H,3,6H2,(H,19,23)(H,18,20,22). The van der Waals surface area contributed by atoms with Crippen LogP contribution in [-0.2, 0) is 4.79 Å². The van der Waals surface area contributed by atoms with Crippen molar-refractivity contribution in [3.63, 3.8) is 0 Å². The topological polar surface area (TPSA) is 91.3 Å². The molecule has 6 nitrogen and oxygen atoms in total. The number of benzene rings is 1. The zero-order chi connectivity index (χ0) is 16.8. The predicted molar refractivity (Wildman–Crippen MR) is 87.9 cm³/mol. The zero-order valence-electron chi connectivity index (χ0n) is 11.8. The van der Waals surface area contributed by atoms with Crippen LogP contribution in [0.25, 0.3) is 0 Å². The van der Waals surface area contributed by atoms with Crippen molar-refractivity contribution >= 4 is 40.7 Å². The number of nitrogens with one attached hydrogen (secondary N) is 2. The van der Waals surface area contributed by atoms with E-state index in [-0.39, 0.29) is 40.2 Å². The fourth-order valence-electron chi connectivity index (χ4n) is 1.82. The molecule has 0 bridgehead atoms. The molecule has 0 radical (unpaired) electrons. The Hall–Kier alpha value is -2.31. The molecule has 2 amide bonds. The third-order valence-corrected chi connectivity index (χ3v) is 3.38. The van der Waals surface area contributed by atoms with E-state index in [4.69, 9.17) is 23.2 Å². The maximum absolute atomic E-state index is 12.0. The lowest BCUT2D eigenvalue weighted by Gasteiger charge is -2.09. The molecule has 0 aliphatic rings. The van der Waals surface area contributed by atoms with Gasteiger partial charge in [0, 0.05) is 36.1 Å². The van der Waals surface area contributed by atoms with Crippen molar-refractivity contribution < 1.29 is 14.7 Å². The lowest BCUT2D eigenvalue weighted by molar-refractivity contribution is -0.116. The molecular formula is C15H13Cl2N3O3. The third-order valence-electron chi connectivity index (χ3n) is 2.86. The Morgan fingerprint density at radius 1 is 1.17 bits per heavy atom. The average Bonchev–Trinajstić information content (AvgIpc) is 2.47. The molecule has 8 heteroatoms. The Kier molecular flexibility index (Phi) is 5.78. The Balaban J connectivity index is 1.87. The molecule has 0 unspecified atom stereocenters. The van der Waals surface area contributed by atoms with Gasteiger partial charge in [0.05, 0.1) is 10.6 Å². The van der Waals surface area contributed by atoms with Crippen LogP contribution in [0.3, 0.4) is 0 Å². The third kappa shape index (κ3) is 4.84. The number of phenolic OH excluding ortho intramolecular Hbond substituents is 1. The lowest BCUT2D eigenvalue weighted by atomic mass is 10.2. The summed E-state index contributed by atoms with van der Waals surface area (Å²) in [6.07, 6.45) is 3.19. The number of aromatic nitrogens is 1. The number of amides is 2. The van der Waals surface area contributed by atoms with Gasteiger partial charge in [-0.3, -0.25) is 14.6 Å². The molecule has 1 heterocycles. The molecule has 0 saturated heterocycles. The summed E-state index contributed by atoms with van der Waals surface area (Å²) < 4.78 is 0. The number of carbonyl (C=O) groups is 2. The summed E-state index contributed by atoms with van der Waals surface area (Å²) in [5.74, 6) is -1.16. The van der Waals surface area contributed by atoms with E-state index in [0.717, 1.165) is 0 Å². The Morgan fingerprint density at radius 3 is 2.52 bits per heavy atom. The minimum absolute atomic E-state index is 0.0359. The second kappa shape index (κ2) is 7.80. The van der Waals surface area contributed by atoms with E-state index in [1.54, 1.807) is 24.5 Å². The number of anilines is 1. The summed E-state index contributed by atoms with van der Waals surface area (Å²) >= 11 is 11.6. The van der Waals surface area contributed by atoms with Crippen molar-refractivity contribution in [2.75, 3.05) is 11.9 Å². The molecule has 0 atom stereocenters. The number of aromatic hydroxyl groups is 1. The average molecular weight is 354 g/mol. The van der Waals surface area contributed by atoms with E-state index in [2.05, 4.69) is 15.6 Å². The molecule has 0 spiro atoms. The van der Waals surface area contributed by atoms with Gasteiger partial charge in [-0.15, -0.1) is 0 Å². The van der Waals surface area contributed by atoms with Gasteiger partial charge in [0.1, 0.15) is 5.75 Å². The predicted octanol–water partition coefficient (Wildman–Crippen LogP) is 2.85. The smallest absolute Gasteiger partial charge is 0.256 e. The number of hydrogen-bond acceptors (Lipinski definition) is 4. The first-order valence-corrected chi connectivity index (χ1v) is 7.39. The highest BCUT2D eigenvalue weighted by Crippen LogP contribution is 2.29. The number of phenols is 1. The highest BCUT2D eigenvalue weighted by molar-refractivity contribution is 6.37. The van der Waals surface area contributed by atoms with Gasteiger partial charge >= 0.3 is 0 Å². The molecule has 1 aromatic carbocycles. The van der Waals surface area contributed by atoms with Gasteiger partial charge in [0.2, 0.25) is 5.91 Å². The van der Waals surface area contributed by atoms with Crippen molar-refractivity contribution in [2.45, 2.75) is 6.42 Å². The molecular weight excluding hydrogens is 341 g/mol. The zero-order valence-corrected chi connectivity index (χ0v) is 13.4. The Labute approximate surface area is 142 Å². The molecule has 0 fully saturated rings. The van der Waals surface area contributed by atoms with Crippen LogP contribution in [0.1, 0.15) is 16.8 Å². The molecule has 3 N–H and O–H groups in total. The number of hydrogen-bond donors (Lipinski definition) is 3. The van der Waals surface area contributed by atoms with Crippen molar-refractivity contribution in [3.05, 3.63) is 52.3 Å². The number of halogens is 2. The normalized spacial score (nSPS) is 10.2. The fraction of sp³-hybridized carbons (Fsp3) is 0.133. The first-order valence-electron chi connectivity index (χ1n) is 6.63. The van der Waals surface area contributed by atoms with Gasteiger partial charge in [-0.1, -0.05) is 23.2 Å². The van der Waals surface area contributed by atoms with Crippen LogP contribution in [0.5, 0.6) is 5.75 Å². The summed E-state index contributed by atoms with van der Waals surface area (Å²) in [6, 6.07) is 5.89. The first kappa shape index (κ1) is 17.1. The van der Waals surface area contributed by atoms with E-state index in [1.807, 2.05) is 0 Å². The second-order valence-corrected chi connectivity index (χ2v) is 5.42. The largest absolute Gasteiger partial charge is 0.507 e. The molecule has 2 rings (SSSR count). The molecule has 1 aromatic heterocycles. The van der Waals surface area contributed by atoms with Crippen molar-refractivity contribution in [1.82, 2.24) is 10.3 Å². The fourth-order valence-corrected chi connectivity index (χ4v) is 2.39. The van der Waals surface area contributed by atoms with Gasteiger partial charge in [-0.05, 0) is 24.3 Å². The van der Waals surface area contributed by atoms with Crippen molar-refractivity contribution in [1.29, 1.82) is 0 Å². The molecule has 0 aliphatic heterocycles. The van der Waals surface area contributed by atoms with Gasteiger partial charge in [0.25, 0.3) is 5.91 Å². The first-order chi connectivity index (χ1) is 11.0. The van der Waals surface area contributed by atoms with E-state index in [0.29, 0.717) is 5.69 Å². The van der Waals surface area contributed by atoms with Gasteiger partial charge < -0.3 is 15.7 Å². The highest BCUT2D eigenvalue weighted by atomic mass is 35.5. The Bertz CT molecular complexity index is 700. The van der Waals surface area contributed by atoms with Crippen LogP contribution in [-0.4, -0.2) is 28.4 Å². The SMILES string of the molecule is O=C(CCNC(=O)c1c(O)cc(Cl)cc1Cl)Nc1ccncc1. The summed E-state index contributed by atoms with van der Waals surface area (Å²) in [5.41, 5.74) is 0.542. The summed E-state index contributed by atoms with van der Waals surface area (Å²) in [4.78, 5) is 27.6. The number of nitrogens with zero attached hydrogens (tertiary/aromatic N) is 1. The van der Waals surface area contributed by atoms with Crippen LogP contribution >= 0.6 is 23.2 Å². The Morgan fingerprint density at radius 2 is 1.87 bits per heavy atom. The summed E-state index contributed by atoms with van der Waals surface area (Å²) in [6.45, 7) is 0.0914. The van der Waals surface area contributed by atoms with Crippen molar-refractivity contribution in [2.24, 2.45) is 0 Å². The van der Waals surface area contributed by atoms with Gasteiger partial charge in [0.15, 0.2) is 0 Å². The van der Waals surface area contributed by atoms with Crippen LogP contribution in [0.15, 0.2) is 36.7 Å². The van der Waals surface area contributed by atoms with Crippen LogP contribution in [0, 0.1) is 0 Å². The van der Waals surface area contributed by atoms with E-state index in [9.17, 15) is 14.7 Å². The minimum atomic E-state index is -0.583. The molecule has 120 valence electrons. The number of rotatable bonds is 5.